The predicted octanol–water partition coefficient (Wildman–Crippen LogP) is 17.3. The summed E-state index contributed by atoms with van der Waals surface area (Å²) < 4.78 is 13.5. The fourth-order valence-electron chi connectivity index (χ4n) is 10.4. The van der Waals surface area contributed by atoms with Crippen molar-refractivity contribution in [1.82, 2.24) is 18.7 Å². The molecule has 0 atom stereocenters. The van der Waals surface area contributed by atoms with E-state index < -0.39 is 0 Å². The van der Waals surface area contributed by atoms with Gasteiger partial charge >= 0.3 is 32.8 Å². The van der Waals surface area contributed by atoms with E-state index in [1.807, 2.05) is 24.4 Å². The van der Waals surface area contributed by atoms with Crippen molar-refractivity contribution in [2.45, 2.75) is 78.6 Å². The van der Waals surface area contributed by atoms with E-state index in [-0.39, 0.29) is 37.3 Å². The van der Waals surface area contributed by atoms with Gasteiger partial charge in [-0.25, -0.2) is 4.98 Å². The summed E-state index contributed by atoms with van der Waals surface area (Å²) in [6, 6.07) is 72.7. The second-order valence-corrected chi connectivity index (χ2v) is 22.1. The Morgan fingerprint density at radius 3 is 1.79 bits per heavy atom. The molecule has 0 saturated heterocycles. The van der Waals surface area contributed by atoms with E-state index in [1.54, 1.807) is 0 Å². The van der Waals surface area contributed by atoms with Crippen LogP contribution in [0.15, 0.2) is 176 Å². The van der Waals surface area contributed by atoms with Gasteiger partial charge in [-0.3, -0.25) is 0 Å². The second-order valence-electron chi connectivity index (χ2n) is 22.1. The number of benzene rings is 8. The molecule has 6 heteroatoms. The molecule has 2 aliphatic rings. The van der Waals surface area contributed by atoms with Crippen molar-refractivity contribution in [2.24, 2.45) is 0 Å². The molecular formula is C66H56N4OPt+2. The van der Waals surface area contributed by atoms with Gasteiger partial charge in [-0.2, -0.15) is 12.1 Å². The van der Waals surface area contributed by atoms with E-state index in [2.05, 4.69) is 246 Å². The van der Waals surface area contributed by atoms with Crippen LogP contribution in [0.1, 0.15) is 79.0 Å². The first-order valence-electron chi connectivity index (χ1n) is 24.7. The number of aromatic nitrogens is 2. The zero-order valence-corrected chi connectivity index (χ0v) is 44.5. The molecule has 0 bridgehead atoms. The number of para-hydroxylation sites is 2. The molecule has 0 aliphatic carbocycles. The second kappa shape index (κ2) is 17.4. The summed E-state index contributed by atoms with van der Waals surface area (Å²) in [5.74, 6) is 2.01. The van der Waals surface area contributed by atoms with Crippen LogP contribution >= 0.6 is 0 Å². The van der Waals surface area contributed by atoms with Gasteiger partial charge in [0.25, 0.3) is 5.69 Å². The Kier molecular flexibility index (Phi) is 11.4. The largest absolute Gasteiger partial charge is 2.00 e. The average molecular weight is 1120 g/mol. The third-order valence-corrected chi connectivity index (χ3v) is 14.3. The summed E-state index contributed by atoms with van der Waals surface area (Å²) in [6.45, 7) is 20.5. The third kappa shape index (κ3) is 7.97. The zero-order chi connectivity index (χ0) is 49.0. The van der Waals surface area contributed by atoms with E-state index in [0.29, 0.717) is 11.5 Å². The minimum atomic E-state index is -0.133. The molecule has 0 N–H and O–H groups in total. The van der Waals surface area contributed by atoms with Crippen molar-refractivity contribution in [3.63, 3.8) is 0 Å². The fraction of sp³-hybridized carbons (Fsp3) is 0.182. The smallest absolute Gasteiger partial charge is 0.509 e. The van der Waals surface area contributed by atoms with Crippen LogP contribution in [0.4, 0.5) is 22.7 Å². The van der Waals surface area contributed by atoms with Gasteiger partial charge in [0.05, 0.1) is 16.7 Å². The summed E-state index contributed by atoms with van der Waals surface area (Å²) in [6.07, 6.45) is 1.91. The van der Waals surface area contributed by atoms with Crippen molar-refractivity contribution in [3.05, 3.63) is 205 Å². The van der Waals surface area contributed by atoms with Crippen molar-refractivity contribution in [2.75, 3.05) is 0 Å². The first kappa shape index (κ1) is 46.9. The maximum absolute atomic E-state index is 6.77. The van der Waals surface area contributed by atoms with Crippen LogP contribution in [-0.4, -0.2) is 15.6 Å². The molecule has 12 rings (SSSR count). The monoisotopic (exact) mass is 1120 g/mol. The minimum Gasteiger partial charge on any atom is -0.509 e. The van der Waals surface area contributed by atoms with E-state index >= 15 is 0 Å². The molecular weight excluding hydrogens is 1060 g/mol. The maximum Gasteiger partial charge on any atom is 2.00 e. The van der Waals surface area contributed by atoms with Crippen molar-refractivity contribution in [3.8, 4) is 61.8 Å². The third-order valence-electron chi connectivity index (χ3n) is 14.3. The number of nitrogens with zero attached hydrogens (tertiary/aromatic N) is 4. The Labute approximate surface area is 437 Å². The maximum atomic E-state index is 6.77. The fourth-order valence-corrected chi connectivity index (χ4v) is 10.4. The van der Waals surface area contributed by atoms with Gasteiger partial charge in [0.15, 0.2) is 0 Å². The Hall–Kier alpha value is -7.42. The molecule has 354 valence electrons. The summed E-state index contributed by atoms with van der Waals surface area (Å²) in [4.78, 5) is 4.89. The number of rotatable bonds is 5. The van der Waals surface area contributed by atoms with Crippen LogP contribution in [-0.2, 0) is 37.3 Å². The molecule has 0 saturated carbocycles. The van der Waals surface area contributed by atoms with Crippen LogP contribution in [0.3, 0.4) is 0 Å². The molecule has 0 fully saturated rings. The Balaban J connectivity index is 0.00000560. The number of hydrogen-bond acceptors (Lipinski definition) is 2. The van der Waals surface area contributed by atoms with Gasteiger partial charge in [0.2, 0.25) is 5.69 Å². The van der Waals surface area contributed by atoms with E-state index in [1.165, 1.54) is 38.9 Å². The number of fused-ring (bicyclic) bond motifs is 10. The van der Waals surface area contributed by atoms with E-state index in [0.717, 1.165) is 72.6 Å². The van der Waals surface area contributed by atoms with Gasteiger partial charge in [0, 0.05) is 29.3 Å². The molecule has 8 aromatic carbocycles. The van der Waals surface area contributed by atoms with Gasteiger partial charge in [-0.1, -0.05) is 182 Å². The van der Waals surface area contributed by atoms with Crippen LogP contribution in [0.25, 0.3) is 72.1 Å². The van der Waals surface area contributed by atoms with Crippen LogP contribution in [0.2, 0.25) is 0 Å². The van der Waals surface area contributed by atoms with Gasteiger partial charge in [-0.15, -0.1) is 23.6 Å². The zero-order valence-electron chi connectivity index (χ0n) is 42.3. The van der Waals surface area contributed by atoms with Crippen molar-refractivity contribution < 1.29 is 25.8 Å². The van der Waals surface area contributed by atoms with Crippen LogP contribution < -0.4 is 13.9 Å². The summed E-state index contributed by atoms with van der Waals surface area (Å²) >= 11 is 0. The molecule has 0 amide bonds. The standard InChI is InChI=1S/C66H56N4O.Pt/c1-64(2,3)43-20-16-19-42(35-43)56-36-45(66(7,8)9)37-57-52-26-13-11-24-50(52)49-23-10-12-25-51(49)55-28-18-30-59-63(55)69(62(56)57)41-68(59)46-21-17-22-47(39-46)71-48-31-32-54-53-27-14-15-29-58(53)70(60(54)40-48)61-38-44(33-34-67-61)65(4,5)6;/h10-38H,1-9H3;/q;+2. The molecule has 0 unspecified atom stereocenters. The van der Waals surface area contributed by atoms with Crippen molar-refractivity contribution in [1.29, 1.82) is 0 Å². The minimum absolute atomic E-state index is 0. The molecule has 5 nitrogen and oxygen atoms in total. The molecule has 2 aromatic heterocycles. The number of ether oxygens (including phenoxy) is 1. The molecule has 10 aromatic rings. The molecule has 0 radical (unpaired) electrons. The van der Waals surface area contributed by atoms with Crippen molar-refractivity contribution >= 4 is 50.6 Å². The predicted molar refractivity (Wildman–Crippen MR) is 295 cm³/mol. The molecule has 4 heterocycles. The first-order chi connectivity index (χ1) is 34.1. The summed E-state index contributed by atoms with van der Waals surface area (Å²) in [5.41, 5.74) is 18.8. The van der Waals surface area contributed by atoms with Gasteiger partial charge in [-0.05, 0) is 107 Å². The Morgan fingerprint density at radius 2 is 1.07 bits per heavy atom. The molecule has 72 heavy (non-hydrogen) atoms. The van der Waals surface area contributed by atoms with Gasteiger partial charge < -0.3 is 9.30 Å². The molecule has 0 spiro atoms. The molecule has 2 aliphatic heterocycles. The SMILES string of the molecule is CC(C)(C)c1cccc(-c2cc(C(C)(C)C)cc3c2[N+]2=C=[N+](c4[c-]c(Oc5[c-]c6c(cc5)c5ccccc5n6-c5cc(C(C)(C)C)ccn5)ccc4)c4cccc(c42)-c2ccccc2-c2ccccc2-3)c1.[Pt+2]. The normalized spacial score (nSPS) is 12.9. The van der Waals surface area contributed by atoms with E-state index in [4.69, 9.17) is 9.72 Å². The summed E-state index contributed by atoms with van der Waals surface area (Å²) in [5, 5.41) is 2.22. The number of hydrogen-bond donors (Lipinski definition) is 0. The Morgan fingerprint density at radius 1 is 0.472 bits per heavy atom. The first-order valence-corrected chi connectivity index (χ1v) is 24.7. The van der Waals surface area contributed by atoms with Crippen LogP contribution in [0, 0.1) is 12.1 Å². The Bertz CT molecular complexity index is 3900. The number of pyridine rings is 1. The van der Waals surface area contributed by atoms with E-state index in [9.17, 15) is 0 Å². The summed E-state index contributed by atoms with van der Waals surface area (Å²) in [7, 11) is 0. The van der Waals surface area contributed by atoms with Crippen LogP contribution in [0.5, 0.6) is 11.5 Å². The van der Waals surface area contributed by atoms with Gasteiger partial charge in [0.1, 0.15) is 11.5 Å². The average Bonchev–Trinajstić information content (AvgIpc) is 3.92. The quantitative estimate of drug-likeness (QED) is 0.127. The topological polar surface area (TPSA) is 33.1 Å².